The first-order valence-corrected chi connectivity index (χ1v) is 6.85. The summed E-state index contributed by atoms with van der Waals surface area (Å²) in [6.07, 6.45) is 1.98. The van der Waals surface area contributed by atoms with Crippen molar-refractivity contribution >= 4 is 10.9 Å². The van der Waals surface area contributed by atoms with Crippen molar-refractivity contribution in [3.8, 4) is 0 Å². The fourth-order valence-electron chi connectivity index (χ4n) is 2.53. The molecule has 1 aliphatic rings. The van der Waals surface area contributed by atoms with Gasteiger partial charge in [-0.1, -0.05) is 0 Å². The zero-order chi connectivity index (χ0) is 13.9. The number of benzene rings is 1. The molecule has 2 aromatic rings. The van der Waals surface area contributed by atoms with Gasteiger partial charge in [-0.3, -0.25) is 4.79 Å². The third-order valence-corrected chi connectivity index (χ3v) is 3.65. The van der Waals surface area contributed by atoms with E-state index in [0.717, 1.165) is 31.7 Å². The van der Waals surface area contributed by atoms with Gasteiger partial charge in [0.15, 0.2) is 5.43 Å². The molecule has 0 aliphatic carbocycles. The van der Waals surface area contributed by atoms with Gasteiger partial charge in [-0.05, 0) is 31.0 Å². The fourth-order valence-corrected chi connectivity index (χ4v) is 2.53. The lowest BCUT2D eigenvalue weighted by atomic mass is 10.1. The second-order valence-electron chi connectivity index (χ2n) is 5.12. The topological polar surface area (TPSA) is 54.1 Å². The number of hydrogen-bond acceptors (Lipinski definition) is 3. The van der Waals surface area contributed by atoms with E-state index in [1.165, 1.54) is 18.2 Å². The molecular formula is C15H17FN2O2. The zero-order valence-electron chi connectivity index (χ0n) is 11.1. The van der Waals surface area contributed by atoms with Crippen LogP contribution in [0.3, 0.4) is 0 Å². The summed E-state index contributed by atoms with van der Waals surface area (Å²) in [7, 11) is 0. The molecule has 4 nitrogen and oxygen atoms in total. The lowest BCUT2D eigenvalue weighted by molar-refractivity contribution is 0.0775. The molecule has 3 rings (SSSR count). The minimum Gasteiger partial charge on any atom is -0.381 e. The van der Waals surface area contributed by atoms with E-state index in [0.29, 0.717) is 23.5 Å². The number of ether oxygens (including phenoxy) is 1. The smallest absolute Gasteiger partial charge is 0.189 e. The minimum atomic E-state index is -0.393. The van der Waals surface area contributed by atoms with Gasteiger partial charge in [-0.15, -0.1) is 0 Å². The van der Waals surface area contributed by atoms with E-state index in [1.54, 1.807) is 6.07 Å². The summed E-state index contributed by atoms with van der Waals surface area (Å²) < 4.78 is 18.4. The Morgan fingerprint density at radius 1 is 1.30 bits per heavy atom. The molecule has 1 aliphatic heterocycles. The summed E-state index contributed by atoms with van der Waals surface area (Å²) in [5, 5.41) is 3.81. The van der Waals surface area contributed by atoms with Crippen molar-refractivity contribution in [2.45, 2.75) is 25.4 Å². The first kappa shape index (κ1) is 13.3. The highest BCUT2D eigenvalue weighted by Gasteiger charge is 2.13. The van der Waals surface area contributed by atoms with Crippen LogP contribution in [-0.4, -0.2) is 24.2 Å². The van der Waals surface area contributed by atoms with E-state index in [2.05, 4.69) is 10.3 Å². The molecule has 1 aromatic carbocycles. The molecule has 0 amide bonds. The molecular weight excluding hydrogens is 259 g/mol. The molecule has 1 fully saturated rings. The number of fused-ring (bicyclic) bond motifs is 1. The maximum absolute atomic E-state index is 13.1. The van der Waals surface area contributed by atoms with Crippen molar-refractivity contribution in [1.29, 1.82) is 0 Å². The predicted molar refractivity (Wildman–Crippen MR) is 75.2 cm³/mol. The standard InChI is InChI=1S/C15H17FN2O2/c16-10-1-2-14-13(7-10)15(19)8-12(18-14)9-17-11-3-5-20-6-4-11/h1-2,7-8,11,17H,3-6,9H2,(H,18,19). The summed E-state index contributed by atoms with van der Waals surface area (Å²) >= 11 is 0. The number of aromatic amines is 1. The highest BCUT2D eigenvalue weighted by Crippen LogP contribution is 2.11. The summed E-state index contributed by atoms with van der Waals surface area (Å²) in [5.74, 6) is -0.393. The first-order chi connectivity index (χ1) is 9.72. The second kappa shape index (κ2) is 5.73. The molecule has 0 unspecified atom stereocenters. The van der Waals surface area contributed by atoms with Gasteiger partial charge in [0.2, 0.25) is 0 Å². The summed E-state index contributed by atoms with van der Waals surface area (Å²) in [6, 6.07) is 6.19. The average molecular weight is 276 g/mol. The molecule has 2 heterocycles. The van der Waals surface area contributed by atoms with Crippen LogP contribution >= 0.6 is 0 Å². The number of halogens is 1. The molecule has 2 N–H and O–H groups in total. The van der Waals surface area contributed by atoms with Gasteiger partial charge < -0.3 is 15.0 Å². The molecule has 0 atom stereocenters. The Morgan fingerprint density at radius 2 is 2.10 bits per heavy atom. The van der Waals surface area contributed by atoms with Crippen LogP contribution in [0.25, 0.3) is 10.9 Å². The van der Waals surface area contributed by atoms with Crippen molar-refractivity contribution in [3.05, 3.63) is 46.0 Å². The molecule has 106 valence electrons. The normalized spacial score (nSPS) is 16.6. The van der Waals surface area contributed by atoms with Crippen molar-refractivity contribution in [3.63, 3.8) is 0 Å². The van der Waals surface area contributed by atoms with Gasteiger partial charge in [0, 0.05) is 48.5 Å². The molecule has 0 saturated carbocycles. The number of nitrogens with one attached hydrogen (secondary N) is 2. The van der Waals surface area contributed by atoms with E-state index in [9.17, 15) is 9.18 Å². The van der Waals surface area contributed by atoms with Crippen LogP contribution in [-0.2, 0) is 11.3 Å². The molecule has 1 aromatic heterocycles. The highest BCUT2D eigenvalue weighted by atomic mass is 19.1. The number of aromatic nitrogens is 1. The molecule has 1 saturated heterocycles. The lowest BCUT2D eigenvalue weighted by Crippen LogP contribution is -2.34. The van der Waals surface area contributed by atoms with Gasteiger partial charge >= 0.3 is 0 Å². The molecule has 5 heteroatoms. The van der Waals surface area contributed by atoms with E-state index in [1.807, 2.05) is 0 Å². The largest absolute Gasteiger partial charge is 0.381 e. The van der Waals surface area contributed by atoms with Crippen LogP contribution in [0.1, 0.15) is 18.5 Å². The van der Waals surface area contributed by atoms with Crippen LogP contribution in [0.5, 0.6) is 0 Å². The summed E-state index contributed by atoms with van der Waals surface area (Å²) in [6.45, 7) is 2.17. The van der Waals surface area contributed by atoms with Crippen molar-refractivity contribution in [2.75, 3.05) is 13.2 Å². The third kappa shape index (κ3) is 2.89. The molecule has 0 radical (unpaired) electrons. The van der Waals surface area contributed by atoms with Gasteiger partial charge in [0.05, 0.1) is 0 Å². The van der Waals surface area contributed by atoms with Gasteiger partial charge in [-0.25, -0.2) is 4.39 Å². The third-order valence-electron chi connectivity index (χ3n) is 3.65. The Hall–Kier alpha value is -1.72. The van der Waals surface area contributed by atoms with E-state index in [4.69, 9.17) is 4.74 Å². The zero-order valence-corrected chi connectivity index (χ0v) is 11.1. The second-order valence-corrected chi connectivity index (χ2v) is 5.12. The quantitative estimate of drug-likeness (QED) is 0.900. The van der Waals surface area contributed by atoms with Crippen molar-refractivity contribution < 1.29 is 9.13 Å². The van der Waals surface area contributed by atoms with Crippen LogP contribution in [0, 0.1) is 5.82 Å². The van der Waals surface area contributed by atoms with Crippen LogP contribution < -0.4 is 10.7 Å². The van der Waals surface area contributed by atoms with Crippen LogP contribution in [0.4, 0.5) is 4.39 Å². The summed E-state index contributed by atoms with van der Waals surface area (Å²) in [5.41, 5.74) is 1.34. The highest BCUT2D eigenvalue weighted by molar-refractivity contribution is 5.78. The van der Waals surface area contributed by atoms with Gasteiger partial charge in [-0.2, -0.15) is 0 Å². The maximum atomic E-state index is 13.1. The first-order valence-electron chi connectivity index (χ1n) is 6.85. The summed E-state index contributed by atoms with van der Waals surface area (Å²) in [4.78, 5) is 15.1. The molecule has 0 bridgehead atoms. The van der Waals surface area contributed by atoms with E-state index < -0.39 is 5.82 Å². The predicted octanol–water partition coefficient (Wildman–Crippen LogP) is 1.94. The molecule has 20 heavy (non-hydrogen) atoms. The monoisotopic (exact) mass is 276 g/mol. The fraction of sp³-hybridized carbons (Fsp3) is 0.400. The Balaban J connectivity index is 1.78. The van der Waals surface area contributed by atoms with Crippen molar-refractivity contribution in [1.82, 2.24) is 10.3 Å². The SMILES string of the molecule is O=c1cc(CNC2CCOCC2)[nH]c2ccc(F)cc12. The van der Waals surface area contributed by atoms with Crippen LogP contribution in [0.15, 0.2) is 29.1 Å². The average Bonchev–Trinajstić information content (AvgIpc) is 2.47. The number of pyridine rings is 1. The number of hydrogen-bond donors (Lipinski definition) is 2. The Kier molecular flexibility index (Phi) is 3.80. The lowest BCUT2D eigenvalue weighted by Gasteiger charge is -2.23. The Labute approximate surface area is 116 Å². The number of H-pyrrole nitrogens is 1. The van der Waals surface area contributed by atoms with Crippen LogP contribution in [0.2, 0.25) is 0 Å². The Bertz CT molecular complexity index is 662. The van der Waals surface area contributed by atoms with Gasteiger partial charge in [0.25, 0.3) is 0 Å². The van der Waals surface area contributed by atoms with Crippen molar-refractivity contribution in [2.24, 2.45) is 0 Å². The maximum Gasteiger partial charge on any atom is 0.189 e. The minimum absolute atomic E-state index is 0.151. The Morgan fingerprint density at radius 3 is 2.90 bits per heavy atom. The number of rotatable bonds is 3. The molecule has 0 spiro atoms. The van der Waals surface area contributed by atoms with Gasteiger partial charge in [0.1, 0.15) is 5.82 Å². The van der Waals surface area contributed by atoms with E-state index in [-0.39, 0.29) is 5.43 Å². The van der Waals surface area contributed by atoms with E-state index >= 15 is 0 Å².